The number of ether oxygens (including phenoxy) is 1. The lowest BCUT2D eigenvalue weighted by Crippen LogP contribution is -2.60. The van der Waals surface area contributed by atoms with Gasteiger partial charge in [0.1, 0.15) is 5.82 Å². The minimum atomic E-state index is 0.427. The molecule has 5 heteroatoms. The molecule has 5 nitrogen and oxygen atoms in total. The van der Waals surface area contributed by atoms with Gasteiger partial charge in [-0.15, -0.1) is 0 Å². The monoisotopic (exact) mass is 388 g/mol. The second kappa shape index (κ2) is 9.53. The van der Waals surface area contributed by atoms with Crippen molar-refractivity contribution in [3.05, 3.63) is 18.2 Å². The number of aromatic nitrogens is 2. The minimum Gasteiger partial charge on any atom is -0.378 e. The Labute approximate surface area is 171 Å². The maximum Gasteiger partial charge on any atom is 0.125 e. The van der Waals surface area contributed by atoms with Crippen LogP contribution in [0, 0.1) is 18.3 Å². The number of hydrogen-bond donors (Lipinski definition) is 0. The fourth-order valence-corrected chi connectivity index (χ4v) is 5.13. The number of rotatable bonds is 6. The molecule has 1 saturated heterocycles. The van der Waals surface area contributed by atoms with Gasteiger partial charge in [0.25, 0.3) is 0 Å². The summed E-state index contributed by atoms with van der Waals surface area (Å²) in [6, 6.07) is 0.822. The van der Waals surface area contributed by atoms with E-state index in [9.17, 15) is 0 Å². The van der Waals surface area contributed by atoms with E-state index in [1.54, 1.807) is 0 Å². The Morgan fingerprint density at radius 1 is 1.07 bits per heavy atom. The first-order valence-electron chi connectivity index (χ1n) is 11.5. The zero-order valence-corrected chi connectivity index (χ0v) is 18.7. The molecule has 1 aromatic heterocycles. The van der Waals surface area contributed by atoms with E-state index in [0.717, 1.165) is 43.9 Å². The molecule has 158 valence electrons. The van der Waals surface area contributed by atoms with Crippen molar-refractivity contribution >= 4 is 5.69 Å². The van der Waals surface area contributed by atoms with E-state index in [1.807, 2.05) is 33.2 Å². The first kappa shape index (κ1) is 21.5. The van der Waals surface area contributed by atoms with E-state index in [4.69, 9.17) is 4.74 Å². The normalized spacial score (nSPS) is 30.8. The Balaban J connectivity index is 0.00000109. The molecule has 2 aliphatic carbocycles. The lowest BCUT2D eigenvalue weighted by atomic mass is 9.50. The molecule has 1 unspecified atom stereocenters. The van der Waals surface area contributed by atoms with Gasteiger partial charge in [0.15, 0.2) is 0 Å². The van der Waals surface area contributed by atoms with Gasteiger partial charge in [-0.2, -0.15) is 0 Å². The van der Waals surface area contributed by atoms with Crippen LogP contribution in [0.1, 0.15) is 65.6 Å². The Kier molecular flexibility index (Phi) is 7.32. The zero-order valence-electron chi connectivity index (χ0n) is 18.7. The Morgan fingerprint density at radius 3 is 2.25 bits per heavy atom. The van der Waals surface area contributed by atoms with Gasteiger partial charge < -0.3 is 9.64 Å². The summed E-state index contributed by atoms with van der Waals surface area (Å²) in [7, 11) is 0. The summed E-state index contributed by atoms with van der Waals surface area (Å²) >= 11 is 0. The zero-order chi connectivity index (χ0) is 20.1. The molecule has 0 aromatic carbocycles. The van der Waals surface area contributed by atoms with Gasteiger partial charge in [-0.25, -0.2) is 9.97 Å². The van der Waals surface area contributed by atoms with Crippen LogP contribution in [0.3, 0.4) is 0 Å². The van der Waals surface area contributed by atoms with Crippen LogP contribution in [-0.2, 0) is 4.74 Å². The maximum absolute atomic E-state index is 5.94. The van der Waals surface area contributed by atoms with Crippen molar-refractivity contribution in [3.8, 4) is 0 Å². The average Bonchev–Trinajstić information content (AvgIpc) is 2.68. The second-order valence-corrected chi connectivity index (χ2v) is 8.90. The van der Waals surface area contributed by atoms with Crippen molar-refractivity contribution in [2.24, 2.45) is 11.3 Å². The fraction of sp³-hybridized carbons (Fsp3) is 0.826. The molecule has 0 amide bonds. The molecule has 0 N–H and O–H groups in total. The van der Waals surface area contributed by atoms with Gasteiger partial charge in [-0.1, -0.05) is 20.8 Å². The predicted octanol–water partition coefficient (Wildman–Crippen LogP) is 4.31. The summed E-state index contributed by atoms with van der Waals surface area (Å²) < 4.78 is 5.94. The highest BCUT2D eigenvalue weighted by Crippen LogP contribution is 2.60. The van der Waals surface area contributed by atoms with Crippen molar-refractivity contribution in [1.29, 1.82) is 0 Å². The van der Waals surface area contributed by atoms with Gasteiger partial charge in [0.2, 0.25) is 0 Å². The summed E-state index contributed by atoms with van der Waals surface area (Å²) in [6.45, 7) is 15.9. The molecule has 1 aliphatic heterocycles. The van der Waals surface area contributed by atoms with Crippen LogP contribution in [0.15, 0.2) is 12.4 Å². The van der Waals surface area contributed by atoms with E-state index in [0.29, 0.717) is 11.5 Å². The largest absolute Gasteiger partial charge is 0.378 e. The second-order valence-electron chi connectivity index (χ2n) is 8.90. The third-order valence-corrected chi connectivity index (χ3v) is 6.94. The van der Waals surface area contributed by atoms with Gasteiger partial charge in [0.05, 0.1) is 24.2 Å². The van der Waals surface area contributed by atoms with Crippen LogP contribution < -0.4 is 4.90 Å². The van der Waals surface area contributed by atoms with E-state index >= 15 is 0 Å². The molecule has 1 spiro atoms. The molecule has 2 heterocycles. The topological polar surface area (TPSA) is 41.5 Å². The van der Waals surface area contributed by atoms with Crippen molar-refractivity contribution < 1.29 is 4.74 Å². The van der Waals surface area contributed by atoms with E-state index in [-0.39, 0.29) is 0 Å². The van der Waals surface area contributed by atoms with E-state index in [2.05, 4.69) is 33.6 Å². The molecule has 1 atom stereocenters. The minimum absolute atomic E-state index is 0.427. The Hall–Kier alpha value is -1.20. The van der Waals surface area contributed by atoms with Crippen LogP contribution in [-0.4, -0.2) is 59.8 Å². The van der Waals surface area contributed by atoms with Crippen molar-refractivity contribution in [1.82, 2.24) is 14.9 Å². The summed E-state index contributed by atoms with van der Waals surface area (Å²) in [5.41, 5.74) is 1.85. The third kappa shape index (κ3) is 4.85. The highest BCUT2D eigenvalue weighted by Gasteiger charge is 2.54. The lowest BCUT2D eigenvalue weighted by Gasteiger charge is -2.61. The van der Waals surface area contributed by atoms with Gasteiger partial charge in [-0.3, -0.25) is 4.90 Å². The molecule has 1 aromatic rings. The maximum atomic E-state index is 5.94. The molecular formula is C23H40N4O. The Morgan fingerprint density at radius 2 is 1.68 bits per heavy atom. The number of hydrogen-bond acceptors (Lipinski definition) is 5. The molecule has 4 rings (SSSR count). The summed E-state index contributed by atoms with van der Waals surface area (Å²) in [4.78, 5) is 13.8. The Bertz CT molecular complexity index is 583. The van der Waals surface area contributed by atoms with E-state index < -0.39 is 0 Å². The standard InChI is InChI=1S/C21H34N4O.C2H6/c1-4-16(2)26-15-18-9-21(10-18)11-19(12-21)24-5-7-25(8-6-24)20-13-22-17(3)23-14-20;1-2/h13-14,16,18-19H,4-12,15H2,1-3H3;1-2H3. The van der Waals surface area contributed by atoms with E-state index in [1.165, 1.54) is 44.5 Å². The molecule has 2 saturated carbocycles. The average molecular weight is 389 g/mol. The van der Waals surface area contributed by atoms with Crippen LogP contribution in [0.2, 0.25) is 0 Å². The van der Waals surface area contributed by atoms with Crippen LogP contribution in [0.25, 0.3) is 0 Å². The van der Waals surface area contributed by atoms with Crippen molar-refractivity contribution in [3.63, 3.8) is 0 Å². The molecule has 0 radical (unpaired) electrons. The predicted molar refractivity (Wildman–Crippen MR) is 116 cm³/mol. The summed E-state index contributed by atoms with van der Waals surface area (Å²) in [5, 5.41) is 0. The highest BCUT2D eigenvalue weighted by molar-refractivity contribution is 5.42. The first-order chi connectivity index (χ1) is 13.6. The molecule has 28 heavy (non-hydrogen) atoms. The number of anilines is 1. The number of nitrogens with zero attached hydrogens (tertiary/aromatic N) is 4. The molecule has 3 fully saturated rings. The number of piperazine rings is 1. The van der Waals surface area contributed by atoms with Gasteiger partial charge >= 0.3 is 0 Å². The summed E-state index contributed by atoms with van der Waals surface area (Å²) in [5.74, 6) is 1.67. The SMILES string of the molecule is CC.CCC(C)OCC1CC2(C1)CC(N1CCN(c3cnc(C)nc3)CC1)C2. The van der Waals surface area contributed by atoms with Crippen molar-refractivity contribution in [2.75, 3.05) is 37.7 Å². The molecule has 0 bridgehead atoms. The smallest absolute Gasteiger partial charge is 0.125 e. The van der Waals surface area contributed by atoms with Gasteiger partial charge in [0, 0.05) is 38.8 Å². The van der Waals surface area contributed by atoms with Crippen LogP contribution >= 0.6 is 0 Å². The van der Waals surface area contributed by atoms with Gasteiger partial charge in [-0.05, 0) is 57.3 Å². The molecule has 3 aliphatic rings. The first-order valence-corrected chi connectivity index (χ1v) is 11.5. The quantitative estimate of drug-likeness (QED) is 0.726. The van der Waals surface area contributed by atoms with Crippen molar-refractivity contribution in [2.45, 2.75) is 78.9 Å². The fourth-order valence-electron chi connectivity index (χ4n) is 5.13. The molecular weight excluding hydrogens is 348 g/mol. The lowest BCUT2D eigenvalue weighted by molar-refractivity contribution is -0.114. The summed E-state index contributed by atoms with van der Waals surface area (Å²) in [6.07, 6.45) is 11.1. The highest BCUT2D eigenvalue weighted by atomic mass is 16.5. The van der Waals surface area contributed by atoms with Crippen LogP contribution in [0.5, 0.6) is 0 Å². The third-order valence-electron chi connectivity index (χ3n) is 6.94. The number of aryl methyl sites for hydroxylation is 1. The van der Waals surface area contributed by atoms with Crippen LogP contribution in [0.4, 0.5) is 5.69 Å².